The predicted octanol–water partition coefficient (Wildman–Crippen LogP) is 2.60. The third kappa shape index (κ3) is 4.83. The molecule has 162 valence electrons. The molecule has 1 aromatic carbocycles. The summed E-state index contributed by atoms with van der Waals surface area (Å²) in [4.78, 5) is 36.2. The molecule has 2 fully saturated rings. The molecule has 0 atom stereocenters. The quantitative estimate of drug-likeness (QED) is 0.592. The van der Waals surface area contributed by atoms with Crippen LogP contribution in [-0.4, -0.2) is 64.3 Å². The molecular formula is C20H20BrN5O4S. The molecule has 2 saturated heterocycles. The number of imide groups is 1. The van der Waals surface area contributed by atoms with Crippen molar-refractivity contribution in [2.24, 2.45) is 0 Å². The molecule has 0 unspecified atom stereocenters. The number of nitrogens with zero attached hydrogens (tertiary/aromatic N) is 4. The first-order chi connectivity index (χ1) is 14.9. The fourth-order valence-electron chi connectivity index (χ4n) is 3.08. The van der Waals surface area contributed by atoms with Crippen LogP contribution in [0.5, 0.6) is 11.5 Å². The normalized spacial score (nSPS) is 18.2. The third-order valence-electron chi connectivity index (χ3n) is 4.84. The molecule has 0 saturated carbocycles. The van der Waals surface area contributed by atoms with Gasteiger partial charge in [0.2, 0.25) is 5.95 Å². The standard InChI is InChI=1S/C20H20BrN5O4S/c1-25-18(28)17(31-20(25)29)7-13-6-16(15(27)8-14(13)21)30-11-12-9-23-19(24-10-12)26-4-2-22-3-5-26/h6-10,22,27H,2-5,11H2,1H3/b17-7-. The van der Waals surface area contributed by atoms with Crippen LogP contribution in [-0.2, 0) is 11.4 Å². The number of hydrogen-bond donors (Lipinski definition) is 2. The molecule has 3 heterocycles. The van der Waals surface area contributed by atoms with Crippen molar-refractivity contribution in [1.29, 1.82) is 0 Å². The van der Waals surface area contributed by atoms with Crippen LogP contribution in [0, 0.1) is 0 Å². The molecule has 2 N–H and O–H groups in total. The molecule has 11 heteroatoms. The lowest BCUT2D eigenvalue weighted by molar-refractivity contribution is -0.121. The van der Waals surface area contributed by atoms with E-state index in [2.05, 4.69) is 36.1 Å². The number of carbonyl (C=O) groups is 2. The highest BCUT2D eigenvalue weighted by Crippen LogP contribution is 2.37. The predicted molar refractivity (Wildman–Crippen MR) is 121 cm³/mol. The molecule has 2 aliphatic rings. The summed E-state index contributed by atoms with van der Waals surface area (Å²) in [6.07, 6.45) is 5.01. The molecule has 2 aromatic rings. The van der Waals surface area contributed by atoms with Gasteiger partial charge in [-0.15, -0.1) is 0 Å². The van der Waals surface area contributed by atoms with Crippen LogP contribution >= 0.6 is 27.7 Å². The number of nitrogens with one attached hydrogen (secondary N) is 1. The number of halogens is 1. The van der Waals surface area contributed by atoms with Crippen LogP contribution in [0.15, 0.2) is 33.9 Å². The van der Waals surface area contributed by atoms with Crippen LogP contribution < -0.4 is 15.0 Å². The van der Waals surface area contributed by atoms with Gasteiger partial charge in [0.1, 0.15) is 6.61 Å². The highest BCUT2D eigenvalue weighted by Gasteiger charge is 2.32. The van der Waals surface area contributed by atoms with E-state index in [1.54, 1.807) is 24.5 Å². The minimum atomic E-state index is -0.362. The Morgan fingerprint density at radius 2 is 1.97 bits per heavy atom. The number of likely N-dealkylation sites (N-methyl/N-ethyl adjacent to an activating group) is 1. The number of hydrogen-bond acceptors (Lipinski definition) is 9. The third-order valence-corrected chi connectivity index (χ3v) is 6.48. The van der Waals surface area contributed by atoms with Crippen LogP contribution in [0.4, 0.5) is 10.7 Å². The first kappa shape index (κ1) is 21.6. The molecule has 1 aromatic heterocycles. The van der Waals surface area contributed by atoms with Crippen molar-refractivity contribution in [3.05, 3.63) is 45.0 Å². The first-order valence-electron chi connectivity index (χ1n) is 9.56. The summed E-state index contributed by atoms with van der Waals surface area (Å²) in [5.41, 5.74) is 1.37. The van der Waals surface area contributed by atoms with Gasteiger partial charge in [-0.1, -0.05) is 15.9 Å². The minimum Gasteiger partial charge on any atom is -0.504 e. The molecule has 0 bridgehead atoms. The molecule has 0 spiro atoms. The van der Waals surface area contributed by atoms with E-state index < -0.39 is 0 Å². The zero-order valence-electron chi connectivity index (χ0n) is 16.7. The van der Waals surface area contributed by atoms with E-state index in [1.165, 1.54) is 13.1 Å². The van der Waals surface area contributed by atoms with E-state index in [4.69, 9.17) is 4.74 Å². The van der Waals surface area contributed by atoms with Crippen molar-refractivity contribution in [3.8, 4) is 11.5 Å². The Hall–Kier alpha value is -2.63. The van der Waals surface area contributed by atoms with Gasteiger partial charge < -0.3 is 20.1 Å². The number of amides is 2. The highest BCUT2D eigenvalue weighted by atomic mass is 79.9. The molecule has 4 rings (SSSR count). The van der Waals surface area contributed by atoms with Crippen molar-refractivity contribution in [1.82, 2.24) is 20.2 Å². The topological polar surface area (TPSA) is 108 Å². The number of carbonyl (C=O) groups excluding carboxylic acids is 2. The Labute approximate surface area is 191 Å². The lowest BCUT2D eigenvalue weighted by Gasteiger charge is -2.27. The van der Waals surface area contributed by atoms with Gasteiger partial charge in [0.05, 0.1) is 4.91 Å². The SMILES string of the molecule is CN1C(=O)S/C(=C\c2cc(OCc3cnc(N4CCNCC4)nc3)c(O)cc2Br)C1=O. The Kier molecular flexibility index (Phi) is 6.44. The van der Waals surface area contributed by atoms with E-state index in [1.807, 2.05) is 0 Å². The number of rotatable bonds is 5. The molecular weight excluding hydrogens is 486 g/mol. The highest BCUT2D eigenvalue weighted by molar-refractivity contribution is 9.10. The zero-order valence-corrected chi connectivity index (χ0v) is 19.1. The summed E-state index contributed by atoms with van der Waals surface area (Å²) in [6, 6.07) is 3.10. The summed E-state index contributed by atoms with van der Waals surface area (Å²) in [5, 5.41) is 13.2. The van der Waals surface area contributed by atoms with Gasteiger partial charge in [0.15, 0.2) is 11.5 Å². The summed E-state index contributed by atoms with van der Waals surface area (Å²) in [5.74, 6) is 0.519. The average Bonchev–Trinajstić information content (AvgIpc) is 3.02. The van der Waals surface area contributed by atoms with E-state index in [-0.39, 0.29) is 29.3 Å². The zero-order chi connectivity index (χ0) is 22.0. The Bertz CT molecular complexity index is 1040. The van der Waals surface area contributed by atoms with Gasteiger partial charge in [0, 0.05) is 55.7 Å². The molecule has 31 heavy (non-hydrogen) atoms. The molecule has 9 nitrogen and oxygen atoms in total. The smallest absolute Gasteiger partial charge is 0.293 e. The average molecular weight is 506 g/mol. The monoisotopic (exact) mass is 505 g/mol. The number of aromatic hydroxyl groups is 1. The summed E-state index contributed by atoms with van der Waals surface area (Å²) >= 11 is 4.24. The van der Waals surface area contributed by atoms with Gasteiger partial charge in [0.25, 0.3) is 11.1 Å². The number of phenolic OH excluding ortho intramolecular Hbond substituents is 1. The van der Waals surface area contributed by atoms with Crippen molar-refractivity contribution >= 4 is 50.9 Å². The number of aromatic nitrogens is 2. The summed E-state index contributed by atoms with van der Waals surface area (Å²) < 4.78 is 6.34. The first-order valence-corrected chi connectivity index (χ1v) is 11.2. The van der Waals surface area contributed by atoms with Crippen LogP contribution in [0.25, 0.3) is 6.08 Å². The Balaban J connectivity index is 1.47. The number of piperazine rings is 1. The van der Waals surface area contributed by atoms with Gasteiger partial charge >= 0.3 is 0 Å². The lowest BCUT2D eigenvalue weighted by Crippen LogP contribution is -2.44. The summed E-state index contributed by atoms with van der Waals surface area (Å²) in [7, 11) is 1.44. The van der Waals surface area contributed by atoms with E-state index in [9.17, 15) is 14.7 Å². The number of anilines is 1. The number of phenols is 1. The fraction of sp³-hybridized carbons (Fsp3) is 0.300. The van der Waals surface area contributed by atoms with Crippen LogP contribution in [0.1, 0.15) is 11.1 Å². The Morgan fingerprint density at radius 3 is 2.61 bits per heavy atom. The second-order valence-corrected chi connectivity index (χ2v) is 8.85. The van der Waals surface area contributed by atoms with E-state index in [0.29, 0.717) is 20.9 Å². The van der Waals surface area contributed by atoms with Crippen LogP contribution in [0.3, 0.4) is 0 Å². The Morgan fingerprint density at radius 1 is 1.26 bits per heavy atom. The van der Waals surface area contributed by atoms with Gasteiger partial charge in [-0.05, 0) is 35.5 Å². The van der Waals surface area contributed by atoms with E-state index in [0.717, 1.165) is 48.4 Å². The van der Waals surface area contributed by atoms with Crippen molar-refractivity contribution in [3.63, 3.8) is 0 Å². The second-order valence-electron chi connectivity index (χ2n) is 7.00. The van der Waals surface area contributed by atoms with Gasteiger partial charge in [-0.3, -0.25) is 14.5 Å². The van der Waals surface area contributed by atoms with Crippen molar-refractivity contribution in [2.45, 2.75) is 6.61 Å². The van der Waals surface area contributed by atoms with E-state index >= 15 is 0 Å². The maximum Gasteiger partial charge on any atom is 0.293 e. The molecule has 0 aliphatic carbocycles. The number of thioether (sulfide) groups is 1. The summed E-state index contributed by atoms with van der Waals surface area (Å²) in [6.45, 7) is 3.71. The maximum absolute atomic E-state index is 12.1. The lowest BCUT2D eigenvalue weighted by atomic mass is 10.2. The fourth-order valence-corrected chi connectivity index (χ4v) is 4.35. The number of ether oxygens (including phenoxy) is 1. The maximum atomic E-state index is 12.1. The molecule has 2 amide bonds. The van der Waals surface area contributed by atoms with Crippen molar-refractivity contribution in [2.75, 3.05) is 38.1 Å². The van der Waals surface area contributed by atoms with Gasteiger partial charge in [-0.2, -0.15) is 0 Å². The van der Waals surface area contributed by atoms with Crippen molar-refractivity contribution < 1.29 is 19.4 Å². The van der Waals surface area contributed by atoms with Crippen LogP contribution in [0.2, 0.25) is 0 Å². The largest absolute Gasteiger partial charge is 0.504 e. The number of benzene rings is 1. The minimum absolute atomic E-state index is 0.0500. The second kappa shape index (κ2) is 9.25. The molecule has 2 aliphatic heterocycles. The molecule has 0 radical (unpaired) electrons. The van der Waals surface area contributed by atoms with Gasteiger partial charge in [-0.25, -0.2) is 9.97 Å².